The van der Waals surface area contributed by atoms with Gasteiger partial charge in [0.1, 0.15) is 13.2 Å². The Labute approximate surface area is 139 Å². The molecular weight excluding hydrogens is 322 g/mol. The number of rotatable bonds is 12. The molecule has 0 fully saturated rings. The summed E-state index contributed by atoms with van der Waals surface area (Å²) < 4.78 is 19.8. The Kier molecular flexibility index (Phi) is 10.3. The van der Waals surface area contributed by atoms with Crippen molar-refractivity contribution in [3.8, 4) is 0 Å². The summed E-state index contributed by atoms with van der Waals surface area (Å²) in [5.41, 5.74) is 0.228. The molecule has 0 aromatic carbocycles. The van der Waals surface area contributed by atoms with E-state index in [4.69, 9.17) is 29.2 Å². The van der Waals surface area contributed by atoms with Crippen molar-refractivity contribution >= 4 is 11.9 Å². The molecule has 0 aliphatic carbocycles. The van der Waals surface area contributed by atoms with E-state index in [2.05, 4.69) is 4.98 Å². The first-order valence-corrected chi connectivity index (χ1v) is 7.35. The van der Waals surface area contributed by atoms with E-state index >= 15 is 0 Å². The lowest BCUT2D eigenvalue weighted by Gasteiger charge is -2.07. The van der Waals surface area contributed by atoms with Crippen LogP contribution in [0.1, 0.15) is 20.7 Å². The Bertz CT molecular complexity index is 467. The smallest absolute Gasteiger partial charge is 0.339 e. The number of carbonyl (C=O) groups is 2. The van der Waals surface area contributed by atoms with Crippen molar-refractivity contribution in [1.29, 1.82) is 0 Å². The number of esters is 2. The Hall–Kier alpha value is -2.07. The number of carbonyl (C=O) groups excluding carboxylic acids is 2. The van der Waals surface area contributed by atoms with Crippen molar-refractivity contribution in [3.63, 3.8) is 0 Å². The maximum absolute atomic E-state index is 11.8. The number of nitrogens with zero attached hydrogens (tertiary/aromatic N) is 1. The van der Waals surface area contributed by atoms with Gasteiger partial charge < -0.3 is 29.2 Å². The number of aliphatic hydroxyl groups is 2. The molecule has 1 aromatic heterocycles. The lowest BCUT2D eigenvalue weighted by Crippen LogP contribution is -2.15. The first-order valence-electron chi connectivity index (χ1n) is 7.35. The third kappa shape index (κ3) is 7.97. The largest absolute Gasteiger partial charge is 0.460 e. The van der Waals surface area contributed by atoms with Gasteiger partial charge in [-0.15, -0.1) is 0 Å². The molecule has 0 atom stereocenters. The molecule has 2 N–H and O–H groups in total. The van der Waals surface area contributed by atoms with Gasteiger partial charge >= 0.3 is 11.9 Å². The molecule has 0 saturated carbocycles. The summed E-state index contributed by atoms with van der Waals surface area (Å²) in [4.78, 5) is 27.5. The number of aromatic nitrogens is 1. The number of hydrogen-bond acceptors (Lipinski definition) is 9. The van der Waals surface area contributed by atoms with E-state index in [0.717, 1.165) is 0 Å². The van der Waals surface area contributed by atoms with Gasteiger partial charge in [-0.05, 0) is 6.07 Å². The first kappa shape index (κ1) is 20.0. The minimum Gasteiger partial charge on any atom is -0.460 e. The van der Waals surface area contributed by atoms with Crippen molar-refractivity contribution in [2.24, 2.45) is 0 Å². The fourth-order valence-corrected chi connectivity index (χ4v) is 1.55. The molecule has 0 aliphatic heterocycles. The minimum atomic E-state index is -0.643. The Morgan fingerprint density at radius 1 is 0.792 bits per heavy atom. The lowest BCUT2D eigenvalue weighted by atomic mass is 10.2. The highest BCUT2D eigenvalue weighted by molar-refractivity contribution is 5.94. The summed E-state index contributed by atoms with van der Waals surface area (Å²) in [5, 5.41) is 17.1. The third-order valence-electron chi connectivity index (χ3n) is 2.60. The van der Waals surface area contributed by atoms with Crippen LogP contribution >= 0.6 is 0 Å². The fraction of sp³-hybridized carbons (Fsp3) is 0.533. The highest BCUT2D eigenvalue weighted by Gasteiger charge is 2.13. The van der Waals surface area contributed by atoms with Crippen LogP contribution in [0, 0.1) is 0 Å². The van der Waals surface area contributed by atoms with Crippen LogP contribution in [-0.2, 0) is 18.9 Å². The summed E-state index contributed by atoms with van der Waals surface area (Å²) in [6.45, 7) is 0.501. The zero-order valence-corrected chi connectivity index (χ0v) is 13.2. The molecule has 0 amide bonds. The molecule has 1 aromatic rings. The van der Waals surface area contributed by atoms with Gasteiger partial charge in [-0.2, -0.15) is 0 Å². The summed E-state index contributed by atoms with van der Waals surface area (Å²) in [6.07, 6.45) is 2.55. The van der Waals surface area contributed by atoms with E-state index in [-0.39, 0.29) is 64.0 Å². The van der Waals surface area contributed by atoms with E-state index in [0.29, 0.717) is 0 Å². The normalized spacial score (nSPS) is 10.4. The van der Waals surface area contributed by atoms with Crippen molar-refractivity contribution in [2.45, 2.75) is 0 Å². The van der Waals surface area contributed by atoms with Crippen LogP contribution in [0.4, 0.5) is 0 Å². The molecular formula is C15H21NO8. The van der Waals surface area contributed by atoms with Crippen LogP contribution in [0.15, 0.2) is 18.5 Å². The topological polar surface area (TPSA) is 124 Å². The first-order chi connectivity index (χ1) is 11.7. The predicted octanol–water partition coefficient (Wildman–Crippen LogP) is -0.587. The van der Waals surface area contributed by atoms with E-state index in [1.54, 1.807) is 0 Å². The average Bonchev–Trinajstić information content (AvgIpc) is 2.61. The van der Waals surface area contributed by atoms with Gasteiger partial charge in [0.15, 0.2) is 0 Å². The van der Waals surface area contributed by atoms with E-state index in [1.165, 1.54) is 18.5 Å². The van der Waals surface area contributed by atoms with Gasteiger partial charge in [0.05, 0.1) is 50.8 Å². The highest BCUT2D eigenvalue weighted by atomic mass is 16.6. The van der Waals surface area contributed by atoms with Crippen molar-refractivity contribution in [3.05, 3.63) is 29.6 Å². The van der Waals surface area contributed by atoms with Crippen LogP contribution in [0.2, 0.25) is 0 Å². The minimum absolute atomic E-state index is 0.0235. The molecule has 1 heterocycles. The van der Waals surface area contributed by atoms with Gasteiger partial charge in [0.2, 0.25) is 0 Å². The predicted molar refractivity (Wildman–Crippen MR) is 80.6 cm³/mol. The summed E-state index contributed by atoms with van der Waals surface area (Å²) >= 11 is 0. The average molecular weight is 343 g/mol. The monoisotopic (exact) mass is 343 g/mol. The molecule has 9 nitrogen and oxygen atoms in total. The van der Waals surface area contributed by atoms with Crippen molar-refractivity contribution < 1.29 is 38.7 Å². The molecule has 0 bridgehead atoms. The number of hydrogen-bond donors (Lipinski definition) is 2. The standard InChI is InChI=1S/C15H21NO8/c17-1-3-21-5-7-23-14(19)12-9-13(11-16-10-12)15(20)24-8-6-22-4-2-18/h9-11,17-18H,1-8H2. The molecule has 0 aliphatic rings. The lowest BCUT2D eigenvalue weighted by molar-refractivity contribution is 0.0255. The second kappa shape index (κ2) is 12.4. The SMILES string of the molecule is O=C(OCCOCCO)c1cncc(C(=O)OCCOCCO)c1. The summed E-state index contributed by atoms with van der Waals surface area (Å²) in [7, 11) is 0. The van der Waals surface area contributed by atoms with E-state index in [9.17, 15) is 9.59 Å². The number of pyridine rings is 1. The van der Waals surface area contributed by atoms with Crippen LogP contribution in [0.5, 0.6) is 0 Å². The maximum atomic E-state index is 11.8. The summed E-state index contributed by atoms with van der Waals surface area (Å²) in [5.74, 6) is -1.29. The third-order valence-corrected chi connectivity index (χ3v) is 2.60. The molecule has 0 spiro atoms. The zero-order chi connectivity index (χ0) is 17.6. The zero-order valence-electron chi connectivity index (χ0n) is 13.2. The van der Waals surface area contributed by atoms with Gasteiger partial charge in [-0.1, -0.05) is 0 Å². The Morgan fingerprint density at radius 3 is 1.67 bits per heavy atom. The fourth-order valence-electron chi connectivity index (χ4n) is 1.55. The van der Waals surface area contributed by atoms with Gasteiger partial charge in [-0.3, -0.25) is 4.98 Å². The number of ether oxygens (including phenoxy) is 4. The maximum Gasteiger partial charge on any atom is 0.339 e. The molecule has 9 heteroatoms. The van der Waals surface area contributed by atoms with Crippen LogP contribution in [-0.4, -0.2) is 80.0 Å². The number of aliphatic hydroxyl groups excluding tert-OH is 2. The second-order valence-electron chi connectivity index (χ2n) is 4.41. The summed E-state index contributed by atoms with van der Waals surface area (Å²) in [6, 6.07) is 1.32. The molecule has 0 unspecified atom stereocenters. The quantitative estimate of drug-likeness (QED) is 0.378. The molecule has 24 heavy (non-hydrogen) atoms. The van der Waals surface area contributed by atoms with Crippen molar-refractivity contribution in [2.75, 3.05) is 52.9 Å². The van der Waals surface area contributed by atoms with Crippen LogP contribution < -0.4 is 0 Å². The van der Waals surface area contributed by atoms with E-state index in [1.807, 2.05) is 0 Å². The van der Waals surface area contributed by atoms with Crippen molar-refractivity contribution in [1.82, 2.24) is 4.98 Å². The molecule has 1 rings (SSSR count). The highest BCUT2D eigenvalue weighted by Crippen LogP contribution is 2.06. The van der Waals surface area contributed by atoms with Gasteiger partial charge in [-0.25, -0.2) is 9.59 Å². The molecule has 134 valence electrons. The molecule has 0 saturated heterocycles. The second-order valence-corrected chi connectivity index (χ2v) is 4.41. The van der Waals surface area contributed by atoms with Crippen LogP contribution in [0.25, 0.3) is 0 Å². The van der Waals surface area contributed by atoms with E-state index < -0.39 is 11.9 Å². The van der Waals surface area contributed by atoms with Gasteiger partial charge in [0, 0.05) is 12.4 Å². The van der Waals surface area contributed by atoms with Gasteiger partial charge in [0.25, 0.3) is 0 Å². The molecule has 0 radical (unpaired) electrons. The van der Waals surface area contributed by atoms with Crippen LogP contribution in [0.3, 0.4) is 0 Å². The Morgan fingerprint density at radius 2 is 1.25 bits per heavy atom. The Balaban J connectivity index is 2.41.